The van der Waals surface area contributed by atoms with E-state index in [1.165, 1.54) is 22.6 Å². The first-order valence-corrected chi connectivity index (χ1v) is 6.88. The molecule has 2 aromatic heterocycles. The molecule has 0 aliphatic heterocycles. The van der Waals surface area contributed by atoms with E-state index >= 15 is 0 Å². The van der Waals surface area contributed by atoms with Crippen LogP contribution in [0.2, 0.25) is 0 Å². The van der Waals surface area contributed by atoms with Gasteiger partial charge in [0.05, 0.1) is 5.69 Å². The number of hydrogen-bond acceptors (Lipinski definition) is 4. The summed E-state index contributed by atoms with van der Waals surface area (Å²) in [6.45, 7) is 0. The highest BCUT2D eigenvalue weighted by molar-refractivity contribution is 7.15. The summed E-state index contributed by atoms with van der Waals surface area (Å²) < 4.78 is 0. The second-order valence-electron chi connectivity index (χ2n) is 3.84. The average molecular weight is 236 g/mol. The first-order valence-electron chi connectivity index (χ1n) is 5.12. The van der Waals surface area contributed by atoms with Gasteiger partial charge < -0.3 is 5.73 Å². The van der Waals surface area contributed by atoms with Crippen LogP contribution < -0.4 is 5.73 Å². The maximum absolute atomic E-state index is 6.09. The lowest BCUT2D eigenvalue weighted by molar-refractivity contribution is 0.573. The molecule has 2 nitrogen and oxygen atoms in total. The third-order valence-corrected chi connectivity index (χ3v) is 4.72. The topological polar surface area (TPSA) is 38.9 Å². The highest BCUT2D eigenvalue weighted by Crippen LogP contribution is 2.37. The summed E-state index contributed by atoms with van der Waals surface area (Å²) in [7, 11) is 0. The van der Waals surface area contributed by atoms with E-state index in [9.17, 15) is 0 Å². The van der Waals surface area contributed by atoms with Crippen LogP contribution in [0.3, 0.4) is 0 Å². The molecule has 0 aromatic carbocycles. The van der Waals surface area contributed by atoms with Crippen LogP contribution in [0.1, 0.15) is 29.5 Å². The Bertz CT molecular complexity index is 459. The number of thiophene rings is 1. The molecule has 1 atom stereocenters. The predicted octanol–water partition coefficient (Wildman–Crippen LogP) is 3.21. The van der Waals surface area contributed by atoms with Gasteiger partial charge in [-0.1, -0.05) is 0 Å². The molecule has 1 unspecified atom stereocenters. The number of aromatic nitrogens is 1. The van der Waals surface area contributed by atoms with Crippen LogP contribution >= 0.6 is 22.7 Å². The zero-order valence-electron chi connectivity index (χ0n) is 8.27. The van der Waals surface area contributed by atoms with Crippen molar-refractivity contribution in [3.05, 3.63) is 27.4 Å². The fourth-order valence-corrected chi connectivity index (χ4v) is 3.82. The van der Waals surface area contributed by atoms with Gasteiger partial charge in [-0.25, -0.2) is 4.98 Å². The molecule has 1 aliphatic carbocycles. The lowest BCUT2D eigenvalue weighted by atomic mass is 9.99. The Morgan fingerprint density at radius 1 is 1.47 bits per heavy atom. The van der Waals surface area contributed by atoms with Crippen molar-refractivity contribution in [3.63, 3.8) is 0 Å². The maximum Gasteiger partial charge on any atom is 0.124 e. The van der Waals surface area contributed by atoms with Crippen LogP contribution in [0.25, 0.3) is 10.6 Å². The third kappa shape index (κ3) is 1.62. The van der Waals surface area contributed by atoms with Crippen molar-refractivity contribution in [3.8, 4) is 10.6 Å². The van der Waals surface area contributed by atoms with Gasteiger partial charge in [0.25, 0.3) is 0 Å². The van der Waals surface area contributed by atoms with Crippen LogP contribution in [0.4, 0.5) is 0 Å². The monoisotopic (exact) mass is 236 g/mol. The van der Waals surface area contributed by atoms with Crippen LogP contribution in [0.15, 0.2) is 16.8 Å². The molecule has 0 spiro atoms. The normalized spacial score (nSPS) is 20.2. The van der Waals surface area contributed by atoms with Gasteiger partial charge in [0.1, 0.15) is 5.01 Å². The van der Waals surface area contributed by atoms with Gasteiger partial charge in [0.15, 0.2) is 0 Å². The van der Waals surface area contributed by atoms with Gasteiger partial charge in [0.2, 0.25) is 0 Å². The molecule has 0 bridgehead atoms. The summed E-state index contributed by atoms with van der Waals surface area (Å²) in [6, 6.07) is 2.35. The van der Waals surface area contributed by atoms with Crippen LogP contribution in [-0.4, -0.2) is 4.98 Å². The first-order chi connectivity index (χ1) is 7.34. The van der Waals surface area contributed by atoms with E-state index in [0.29, 0.717) is 0 Å². The minimum atomic E-state index is 0.221. The minimum Gasteiger partial charge on any atom is -0.323 e. The molecule has 0 saturated carbocycles. The molecule has 0 saturated heterocycles. The Morgan fingerprint density at radius 3 is 3.13 bits per heavy atom. The van der Waals surface area contributed by atoms with Crippen molar-refractivity contribution in [1.82, 2.24) is 4.98 Å². The Balaban J connectivity index is 2.06. The average Bonchev–Trinajstić information content (AvgIpc) is 2.86. The van der Waals surface area contributed by atoms with E-state index in [1.54, 1.807) is 22.7 Å². The van der Waals surface area contributed by atoms with Crippen molar-refractivity contribution >= 4 is 22.7 Å². The molecule has 0 amide bonds. The van der Waals surface area contributed by atoms with E-state index in [-0.39, 0.29) is 6.04 Å². The van der Waals surface area contributed by atoms with Crippen molar-refractivity contribution in [2.45, 2.75) is 25.3 Å². The van der Waals surface area contributed by atoms with Gasteiger partial charge >= 0.3 is 0 Å². The lowest BCUT2D eigenvalue weighted by Gasteiger charge is -2.15. The fourth-order valence-electron chi connectivity index (χ4n) is 1.96. The van der Waals surface area contributed by atoms with Crippen LogP contribution in [0, 0.1) is 0 Å². The Morgan fingerprint density at radius 2 is 2.40 bits per heavy atom. The lowest BCUT2D eigenvalue weighted by Crippen LogP contribution is -2.15. The predicted molar refractivity (Wildman–Crippen MR) is 65.3 cm³/mol. The van der Waals surface area contributed by atoms with E-state index in [4.69, 9.17) is 5.73 Å². The maximum atomic E-state index is 6.09. The van der Waals surface area contributed by atoms with E-state index in [2.05, 4.69) is 21.8 Å². The summed E-state index contributed by atoms with van der Waals surface area (Å²) in [5.74, 6) is 0. The number of thiazole rings is 1. The second kappa shape index (κ2) is 3.70. The summed E-state index contributed by atoms with van der Waals surface area (Å²) in [6.07, 6.45) is 3.39. The number of hydrogen-bond donors (Lipinski definition) is 1. The highest BCUT2D eigenvalue weighted by atomic mass is 32.1. The first kappa shape index (κ1) is 9.51. The quantitative estimate of drug-likeness (QED) is 0.825. The van der Waals surface area contributed by atoms with E-state index in [1.807, 2.05) is 0 Å². The molecule has 0 radical (unpaired) electrons. The van der Waals surface area contributed by atoms with E-state index in [0.717, 1.165) is 17.8 Å². The molecule has 1 aliphatic rings. The number of nitrogens with two attached hydrogens (primary N) is 1. The molecule has 2 heterocycles. The van der Waals surface area contributed by atoms with Gasteiger partial charge in [-0.2, -0.15) is 11.3 Å². The van der Waals surface area contributed by atoms with Gasteiger partial charge in [-0.15, -0.1) is 11.3 Å². The van der Waals surface area contributed by atoms with Gasteiger partial charge in [0, 0.05) is 21.9 Å². The molecule has 15 heavy (non-hydrogen) atoms. The summed E-state index contributed by atoms with van der Waals surface area (Å²) in [4.78, 5) is 6.00. The highest BCUT2D eigenvalue weighted by Gasteiger charge is 2.21. The number of rotatable bonds is 1. The second-order valence-corrected chi connectivity index (χ2v) is 5.65. The summed E-state index contributed by atoms with van der Waals surface area (Å²) >= 11 is 3.49. The van der Waals surface area contributed by atoms with Crippen molar-refractivity contribution in [2.24, 2.45) is 5.73 Å². The molecule has 2 N–H and O–H groups in total. The SMILES string of the molecule is NC1CCCc2nc(-c3ccsc3)sc21. The molecule has 4 heteroatoms. The molecule has 2 aromatic rings. The summed E-state index contributed by atoms with van der Waals surface area (Å²) in [5, 5.41) is 5.38. The van der Waals surface area contributed by atoms with Crippen molar-refractivity contribution < 1.29 is 0 Å². The third-order valence-electron chi connectivity index (χ3n) is 2.76. The van der Waals surface area contributed by atoms with Crippen molar-refractivity contribution in [2.75, 3.05) is 0 Å². The zero-order valence-corrected chi connectivity index (χ0v) is 9.90. The molecule has 0 fully saturated rings. The smallest absolute Gasteiger partial charge is 0.124 e. The standard InChI is InChI=1S/C11H12N2S2/c12-8-2-1-3-9-10(8)15-11(13-9)7-4-5-14-6-7/h4-6,8H,1-3,12H2. The van der Waals surface area contributed by atoms with E-state index < -0.39 is 0 Å². The Hall–Kier alpha value is -0.710. The Labute approximate surface area is 96.8 Å². The molecule has 78 valence electrons. The molecular formula is C11H12N2S2. The molecule has 3 rings (SSSR count). The number of nitrogens with zero attached hydrogens (tertiary/aromatic N) is 1. The van der Waals surface area contributed by atoms with Gasteiger partial charge in [-0.05, 0) is 30.7 Å². The van der Waals surface area contributed by atoms with Crippen LogP contribution in [0.5, 0.6) is 0 Å². The minimum absolute atomic E-state index is 0.221. The largest absolute Gasteiger partial charge is 0.323 e. The number of fused-ring (bicyclic) bond motifs is 1. The molecular weight excluding hydrogens is 224 g/mol. The fraction of sp³-hybridized carbons (Fsp3) is 0.364. The zero-order chi connectivity index (χ0) is 10.3. The Kier molecular flexibility index (Phi) is 2.35. The summed E-state index contributed by atoms with van der Waals surface area (Å²) in [5.41, 5.74) is 8.56. The van der Waals surface area contributed by atoms with Crippen LogP contribution in [-0.2, 0) is 6.42 Å². The number of aryl methyl sites for hydroxylation is 1. The van der Waals surface area contributed by atoms with Crippen molar-refractivity contribution in [1.29, 1.82) is 0 Å². The van der Waals surface area contributed by atoms with Gasteiger partial charge in [-0.3, -0.25) is 0 Å².